The lowest BCUT2D eigenvalue weighted by Crippen LogP contribution is -2.50. The molecule has 0 spiro atoms. The van der Waals surface area contributed by atoms with Crippen molar-refractivity contribution >= 4 is 75.8 Å². The van der Waals surface area contributed by atoms with Crippen molar-refractivity contribution in [3.63, 3.8) is 0 Å². The first-order chi connectivity index (χ1) is 25.3. The molecule has 1 aromatic heterocycles. The molecule has 0 aliphatic heterocycles. The number of nitrogens with one attached hydrogen (secondary N) is 1. The number of urea groups is 1. The number of hydrogen-bond donors (Lipinski definition) is 2. The molecule has 15 nitrogen and oxygen atoms in total. The van der Waals surface area contributed by atoms with Crippen LogP contribution in [0.1, 0.15) is 60.8 Å². The molecule has 1 saturated carbocycles. The predicted molar refractivity (Wildman–Crippen MR) is 212 cm³/mol. The zero-order chi connectivity index (χ0) is 40.1. The van der Waals surface area contributed by atoms with E-state index in [0.29, 0.717) is 19.4 Å². The van der Waals surface area contributed by atoms with E-state index in [1.54, 1.807) is 59.7 Å². The molecular formula is C37H50Cl2N8O7. The number of nitrogens with zero attached hydrogens (tertiary/aromatic N) is 6. The summed E-state index contributed by atoms with van der Waals surface area (Å²) in [5.74, 6) is 0.303. The molecule has 1 aliphatic carbocycles. The van der Waals surface area contributed by atoms with Crippen LogP contribution in [0.25, 0.3) is 0 Å². The second-order valence-electron chi connectivity index (χ2n) is 14.9. The first-order valence-corrected chi connectivity index (χ1v) is 18.1. The Hall–Kier alpha value is -4.73. The van der Waals surface area contributed by atoms with Gasteiger partial charge < -0.3 is 34.9 Å². The molecule has 3 N–H and O–H groups in total. The maximum absolute atomic E-state index is 14.8. The predicted octanol–water partition coefficient (Wildman–Crippen LogP) is 8.35. The first-order valence-electron chi connectivity index (χ1n) is 17.4. The smallest absolute Gasteiger partial charge is 0.423 e. The molecule has 2 aromatic carbocycles. The number of carbonyl (C=O) groups is 3. The molecule has 3 aromatic rings. The van der Waals surface area contributed by atoms with Gasteiger partial charge in [-0.25, -0.2) is 29.3 Å². The number of nitrogen functional groups attached to an aromatic ring is 1. The second kappa shape index (κ2) is 17.2. The summed E-state index contributed by atoms with van der Waals surface area (Å²) in [5, 5.41) is 3.08. The normalized spacial score (nSPS) is 12.9. The number of rotatable bonds is 12. The van der Waals surface area contributed by atoms with Gasteiger partial charge in [0.05, 0.1) is 25.6 Å². The summed E-state index contributed by atoms with van der Waals surface area (Å²) in [6, 6.07) is 6.80. The number of anilines is 6. The third-order valence-corrected chi connectivity index (χ3v) is 8.46. The topological polar surface area (TPSA) is 165 Å². The summed E-state index contributed by atoms with van der Waals surface area (Å²) in [5.41, 5.74) is 5.77. The molecule has 4 rings (SSSR count). The summed E-state index contributed by atoms with van der Waals surface area (Å²) in [6.07, 6.45) is 1.45. The molecule has 17 heteroatoms. The van der Waals surface area contributed by atoms with Gasteiger partial charge in [0.25, 0.3) is 0 Å². The maximum Gasteiger partial charge on any atom is 0.423 e. The second-order valence-corrected chi connectivity index (χ2v) is 15.6. The van der Waals surface area contributed by atoms with Crippen molar-refractivity contribution in [1.29, 1.82) is 0 Å². The van der Waals surface area contributed by atoms with Crippen LogP contribution in [-0.4, -0.2) is 91.7 Å². The third-order valence-electron chi connectivity index (χ3n) is 7.73. The molecule has 0 radical (unpaired) electrons. The molecule has 1 fully saturated rings. The Kier molecular flexibility index (Phi) is 13.4. The van der Waals surface area contributed by atoms with Gasteiger partial charge in [0.1, 0.15) is 56.4 Å². The minimum Gasteiger partial charge on any atom is -0.495 e. The lowest BCUT2D eigenvalue weighted by Gasteiger charge is -2.32. The van der Waals surface area contributed by atoms with E-state index in [4.69, 9.17) is 47.9 Å². The maximum atomic E-state index is 14.8. The number of imide groups is 1. The number of aromatic nitrogens is 2. The fraction of sp³-hybridized carbons (Fsp3) is 0.486. The molecule has 1 heterocycles. The van der Waals surface area contributed by atoms with Crippen LogP contribution in [0.2, 0.25) is 10.0 Å². The molecule has 0 saturated heterocycles. The van der Waals surface area contributed by atoms with Gasteiger partial charge in [0, 0.05) is 30.4 Å². The summed E-state index contributed by atoms with van der Waals surface area (Å²) in [4.78, 5) is 56.9. The molecule has 0 unspecified atom stereocenters. The largest absolute Gasteiger partial charge is 0.495 e. The van der Waals surface area contributed by atoms with Gasteiger partial charge in [-0.1, -0.05) is 23.2 Å². The van der Waals surface area contributed by atoms with Crippen molar-refractivity contribution in [1.82, 2.24) is 14.9 Å². The zero-order valence-corrected chi connectivity index (χ0v) is 34.0. The average molecular weight is 790 g/mol. The molecule has 1 aliphatic rings. The van der Waals surface area contributed by atoms with Crippen molar-refractivity contribution in [2.24, 2.45) is 0 Å². The Balaban J connectivity index is 1.83. The van der Waals surface area contributed by atoms with Crippen molar-refractivity contribution < 1.29 is 33.3 Å². The third kappa shape index (κ3) is 10.5. The van der Waals surface area contributed by atoms with E-state index in [0.717, 1.165) is 23.6 Å². The Labute approximate surface area is 326 Å². The van der Waals surface area contributed by atoms with Gasteiger partial charge in [0.15, 0.2) is 0 Å². The number of nitrogens with two attached hydrogens (primary N) is 1. The Morgan fingerprint density at radius 1 is 0.870 bits per heavy atom. The monoisotopic (exact) mass is 788 g/mol. The van der Waals surface area contributed by atoms with Crippen LogP contribution in [0, 0.1) is 0 Å². The first kappa shape index (κ1) is 42.0. The quantitative estimate of drug-likeness (QED) is 0.133. The van der Waals surface area contributed by atoms with Gasteiger partial charge >= 0.3 is 18.2 Å². The Bertz CT molecular complexity index is 1820. The van der Waals surface area contributed by atoms with Crippen LogP contribution < -0.4 is 35.2 Å². The van der Waals surface area contributed by atoms with Gasteiger partial charge in [-0.3, -0.25) is 4.90 Å². The Morgan fingerprint density at radius 3 is 1.96 bits per heavy atom. The standard InChI is InChI=1S/C37H50Cl2N8O7/c1-36(2,3)53-34(49)46(25-15-12-22(18-24(25)40)41-16-11-17-44(7)8)29-20-28(42-21-43-29)45(23-13-14-23)33(48)47(35(50)54-37(4,5)6)32-30(38)26(51-9)19-27(52-10)31(32)39/h12,15,18-21,23,41H,11,13-14,16-17,40H2,1-10H3. The van der Waals surface area contributed by atoms with E-state index in [9.17, 15) is 14.4 Å². The minimum absolute atomic E-state index is 0.0500. The highest BCUT2D eigenvalue weighted by Gasteiger charge is 2.43. The van der Waals surface area contributed by atoms with Crippen molar-refractivity contribution in [2.45, 2.75) is 78.0 Å². The molecule has 4 amide bonds. The lowest BCUT2D eigenvalue weighted by molar-refractivity contribution is 0.0584. The van der Waals surface area contributed by atoms with Crippen LogP contribution >= 0.6 is 23.2 Å². The zero-order valence-electron chi connectivity index (χ0n) is 32.5. The summed E-state index contributed by atoms with van der Waals surface area (Å²) >= 11 is 13.5. The van der Waals surface area contributed by atoms with E-state index >= 15 is 0 Å². The van der Waals surface area contributed by atoms with Crippen molar-refractivity contribution in [3.05, 3.63) is 46.7 Å². The molecular weight excluding hydrogens is 739 g/mol. The molecule has 0 atom stereocenters. The fourth-order valence-electron chi connectivity index (χ4n) is 5.23. The molecule has 0 bridgehead atoms. The van der Waals surface area contributed by atoms with Gasteiger partial charge in [-0.2, -0.15) is 4.90 Å². The van der Waals surface area contributed by atoms with Gasteiger partial charge in [-0.05, 0) is 99.6 Å². The van der Waals surface area contributed by atoms with Crippen LogP contribution in [-0.2, 0) is 9.47 Å². The van der Waals surface area contributed by atoms with E-state index in [1.165, 1.54) is 42.5 Å². The Morgan fingerprint density at radius 2 is 1.44 bits per heavy atom. The SMILES string of the molecule is COc1cc(OC)c(Cl)c(N(C(=O)OC(C)(C)C)C(=O)N(c2cc(N(C(=O)OC(C)(C)C)c3ccc(NCCCN(C)C)cc3N)ncn2)C2CC2)c1Cl. The summed E-state index contributed by atoms with van der Waals surface area (Å²) in [6.45, 7) is 11.8. The van der Waals surface area contributed by atoms with Crippen LogP contribution in [0.15, 0.2) is 36.7 Å². The highest BCUT2D eigenvalue weighted by Crippen LogP contribution is 2.47. The fourth-order valence-corrected chi connectivity index (χ4v) is 5.90. The van der Waals surface area contributed by atoms with E-state index in [2.05, 4.69) is 20.2 Å². The number of benzene rings is 2. The van der Waals surface area contributed by atoms with E-state index in [1.807, 2.05) is 14.1 Å². The number of hydrogen-bond acceptors (Lipinski definition) is 12. The summed E-state index contributed by atoms with van der Waals surface area (Å²) in [7, 11) is 6.76. The number of carbonyl (C=O) groups excluding carboxylic acids is 3. The van der Waals surface area contributed by atoms with Gasteiger partial charge in [-0.15, -0.1) is 0 Å². The van der Waals surface area contributed by atoms with Crippen LogP contribution in [0.5, 0.6) is 11.5 Å². The van der Waals surface area contributed by atoms with Crippen LogP contribution in [0.4, 0.5) is 48.8 Å². The number of halogens is 2. The minimum atomic E-state index is -1.06. The number of ether oxygens (including phenoxy) is 4. The van der Waals surface area contributed by atoms with E-state index in [-0.39, 0.29) is 50.2 Å². The van der Waals surface area contributed by atoms with E-state index < -0.39 is 35.5 Å². The van der Waals surface area contributed by atoms with Crippen molar-refractivity contribution in [3.8, 4) is 11.5 Å². The molecule has 54 heavy (non-hydrogen) atoms. The highest BCUT2D eigenvalue weighted by atomic mass is 35.5. The number of methoxy groups -OCH3 is 2. The highest BCUT2D eigenvalue weighted by molar-refractivity contribution is 6.43. The van der Waals surface area contributed by atoms with Crippen LogP contribution in [0.3, 0.4) is 0 Å². The lowest BCUT2D eigenvalue weighted by atomic mass is 10.2. The average Bonchev–Trinajstić information content (AvgIpc) is 3.90. The van der Waals surface area contributed by atoms with Gasteiger partial charge in [0.2, 0.25) is 0 Å². The molecule has 294 valence electrons. The van der Waals surface area contributed by atoms with Crippen molar-refractivity contribution in [2.75, 3.05) is 67.2 Å². The summed E-state index contributed by atoms with van der Waals surface area (Å²) < 4.78 is 22.4. The number of amides is 4.